The van der Waals surface area contributed by atoms with E-state index in [4.69, 9.17) is 0 Å². The number of benzene rings is 2. The molecule has 2 aromatic carbocycles. The molecule has 27 heavy (non-hydrogen) atoms. The van der Waals surface area contributed by atoms with E-state index in [0.717, 1.165) is 34.9 Å². The highest BCUT2D eigenvalue weighted by molar-refractivity contribution is 5.82. The van der Waals surface area contributed by atoms with Crippen LogP contribution < -0.4 is 0 Å². The van der Waals surface area contributed by atoms with Crippen molar-refractivity contribution in [3.63, 3.8) is 0 Å². The van der Waals surface area contributed by atoms with Crippen LogP contribution >= 0.6 is 0 Å². The number of rotatable bonds is 4. The number of hydrogen-bond donors (Lipinski definition) is 1. The molecule has 2 heterocycles. The lowest BCUT2D eigenvalue weighted by Crippen LogP contribution is -2.41. The molecule has 1 fully saturated rings. The van der Waals surface area contributed by atoms with Crippen LogP contribution in [-0.4, -0.2) is 34.0 Å². The Bertz CT molecular complexity index is 958. The number of nitrogens with zero attached hydrogens (tertiary/aromatic N) is 2. The van der Waals surface area contributed by atoms with Gasteiger partial charge in [-0.05, 0) is 60.2 Å². The van der Waals surface area contributed by atoms with Gasteiger partial charge in [0.05, 0.1) is 12.0 Å². The summed E-state index contributed by atoms with van der Waals surface area (Å²) >= 11 is 0. The Balaban J connectivity index is 1.77. The number of aliphatic carboxylic acids is 1. The van der Waals surface area contributed by atoms with Gasteiger partial charge in [-0.15, -0.1) is 0 Å². The van der Waals surface area contributed by atoms with E-state index < -0.39 is 5.97 Å². The van der Waals surface area contributed by atoms with Crippen LogP contribution in [0.4, 0.5) is 4.39 Å². The summed E-state index contributed by atoms with van der Waals surface area (Å²) < 4.78 is 13.5. The van der Waals surface area contributed by atoms with Gasteiger partial charge in [0.2, 0.25) is 0 Å². The summed E-state index contributed by atoms with van der Waals surface area (Å²) in [4.78, 5) is 17.9. The van der Waals surface area contributed by atoms with Crippen LogP contribution in [0.3, 0.4) is 0 Å². The molecule has 5 heteroatoms. The number of fused-ring (bicyclic) bond motifs is 1. The third kappa shape index (κ3) is 3.69. The summed E-state index contributed by atoms with van der Waals surface area (Å²) in [7, 11) is 0. The number of likely N-dealkylation sites (tertiary alicyclic amines) is 1. The molecule has 0 saturated carbocycles. The Hall–Kier alpha value is -2.79. The molecule has 3 aromatic rings. The summed E-state index contributed by atoms with van der Waals surface area (Å²) in [6, 6.07) is 14.6. The Morgan fingerprint density at radius 3 is 2.67 bits per heavy atom. The second kappa shape index (κ2) is 7.45. The number of pyridine rings is 1. The van der Waals surface area contributed by atoms with Gasteiger partial charge < -0.3 is 5.11 Å². The van der Waals surface area contributed by atoms with Crippen molar-refractivity contribution in [2.24, 2.45) is 5.92 Å². The third-order valence-electron chi connectivity index (χ3n) is 5.33. The fourth-order valence-corrected chi connectivity index (χ4v) is 3.97. The highest BCUT2D eigenvalue weighted by Gasteiger charge is 2.31. The second-order valence-electron chi connectivity index (χ2n) is 7.11. The summed E-state index contributed by atoms with van der Waals surface area (Å²) in [5, 5.41) is 11.6. The van der Waals surface area contributed by atoms with Gasteiger partial charge in [0.15, 0.2) is 0 Å². The molecule has 2 atom stereocenters. The average molecular weight is 364 g/mol. The van der Waals surface area contributed by atoms with Gasteiger partial charge in [0.1, 0.15) is 5.82 Å². The Morgan fingerprint density at radius 2 is 1.89 bits per heavy atom. The molecule has 1 N–H and O–H groups in total. The molecule has 1 saturated heterocycles. The molecule has 0 radical (unpaired) electrons. The van der Waals surface area contributed by atoms with E-state index in [-0.39, 0.29) is 17.8 Å². The standard InChI is InChI=1S/C22H21FN2O2/c23-20-7-5-15(6-8-20)21(25-11-1-2-19(14-25)22(26)27)17-3-4-18-13-24-10-9-16(18)12-17/h3-10,12-13,19,21H,1-2,11,14H2,(H,26,27). The lowest BCUT2D eigenvalue weighted by atomic mass is 9.90. The first-order valence-electron chi connectivity index (χ1n) is 9.18. The van der Waals surface area contributed by atoms with Crippen molar-refractivity contribution in [1.82, 2.24) is 9.88 Å². The molecule has 2 unspecified atom stereocenters. The number of carboxylic acid groups (broad SMARTS) is 1. The van der Waals surface area contributed by atoms with E-state index >= 15 is 0 Å². The minimum atomic E-state index is -0.748. The van der Waals surface area contributed by atoms with Crippen LogP contribution in [0.5, 0.6) is 0 Å². The summed E-state index contributed by atoms with van der Waals surface area (Å²) in [6.07, 6.45) is 5.13. The fraction of sp³-hybridized carbons (Fsp3) is 0.273. The number of halogens is 1. The quantitative estimate of drug-likeness (QED) is 0.752. The van der Waals surface area contributed by atoms with Crippen molar-refractivity contribution in [2.45, 2.75) is 18.9 Å². The number of hydrogen-bond acceptors (Lipinski definition) is 3. The lowest BCUT2D eigenvalue weighted by Gasteiger charge is -2.37. The largest absolute Gasteiger partial charge is 0.481 e. The van der Waals surface area contributed by atoms with Gasteiger partial charge in [-0.1, -0.05) is 24.3 Å². The molecule has 1 aromatic heterocycles. The molecule has 4 nitrogen and oxygen atoms in total. The number of aromatic nitrogens is 1. The van der Waals surface area contributed by atoms with Crippen molar-refractivity contribution in [2.75, 3.05) is 13.1 Å². The van der Waals surface area contributed by atoms with Crippen LogP contribution in [0.2, 0.25) is 0 Å². The van der Waals surface area contributed by atoms with Gasteiger partial charge in [-0.2, -0.15) is 0 Å². The first kappa shape index (κ1) is 17.6. The molecule has 4 rings (SSSR count). The van der Waals surface area contributed by atoms with Gasteiger partial charge in [-0.3, -0.25) is 14.7 Å². The highest BCUT2D eigenvalue weighted by Crippen LogP contribution is 2.34. The first-order chi connectivity index (χ1) is 13.1. The summed E-state index contributed by atoms with van der Waals surface area (Å²) in [6.45, 7) is 1.31. The molecule has 0 bridgehead atoms. The molecule has 1 aliphatic rings. The normalized spacial score (nSPS) is 19.1. The van der Waals surface area contributed by atoms with Gasteiger partial charge in [0, 0.05) is 24.3 Å². The highest BCUT2D eigenvalue weighted by atomic mass is 19.1. The monoisotopic (exact) mass is 364 g/mol. The van der Waals surface area contributed by atoms with E-state index in [2.05, 4.69) is 22.0 Å². The Labute approximate surface area is 157 Å². The van der Waals surface area contributed by atoms with Crippen molar-refractivity contribution in [3.8, 4) is 0 Å². The topological polar surface area (TPSA) is 53.4 Å². The lowest BCUT2D eigenvalue weighted by molar-refractivity contribution is -0.143. The maximum atomic E-state index is 13.5. The van der Waals surface area contributed by atoms with Crippen LogP contribution in [0.25, 0.3) is 10.8 Å². The summed E-state index contributed by atoms with van der Waals surface area (Å²) in [5.41, 5.74) is 2.04. The van der Waals surface area contributed by atoms with Crippen molar-refractivity contribution >= 4 is 16.7 Å². The number of piperidine rings is 1. The van der Waals surface area contributed by atoms with Crippen molar-refractivity contribution in [1.29, 1.82) is 0 Å². The zero-order valence-electron chi connectivity index (χ0n) is 14.9. The molecule has 138 valence electrons. The van der Waals surface area contributed by atoms with E-state index in [1.54, 1.807) is 18.3 Å². The number of carboxylic acids is 1. The smallest absolute Gasteiger partial charge is 0.307 e. The van der Waals surface area contributed by atoms with E-state index in [1.165, 1.54) is 12.1 Å². The van der Waals surface area contributed by atoms with Crippen LogP contribution in [0.15, 0.2) is 60.9 Å². The molecule has 1 aliphatic heterocycles. The van der Waals surface area contributed by atoms with Crippen LogP contribution in [-0.2, 0) is 4.79 Å². The average Bonchev–Trinajstić information content (AvgIpc) is 2.70. The van der Waals surface area contributed by atoms with E-state index in [1.807, 2.05) is 18.3 Å². The van der Waals surface area contributed by atoms with Crippen molar-refractivity contribution in [3.05, 3.63) is 77.9 Å². The maximum Gasteiger partial charge on any atom is 0.307 e. The third-order valence-corrected chi connectivity index (χ3v) is 5.33. The van der Waals surface area contributed by atoms with Gasteiger partial charge in [0.25, 0.3) is 0 Å². The van der Waals surface area contributed by atoms with Crippen molar-refractivity contribution < 1.29 is 14.3 Å². The molecule has 0 spiro atoms. The molecular formula is C22H21FN2O2. The zero-order chi connectivity index (χ0) is 18.8. The van der Waals surface area contributed by atoms with Crippen LogP contribution in [0, 0.1) is 11.7 Å². The minimum Gasteiger partial charge on any atom is -0.481 e. The zero-order valence-corrected chi connectivity index (χ0v) is 14.9. The molecule has 0 aliphatic carbocycles. The maximum absolute atomic E-state index is 13.5. The Kier molecular flexibility index (Phi) is 4.86. The molecule has 0 amide bonds. The predicted octanol–water partition coefficient (Wildman–Crippen LogP) is 4.26. The first-order valence-corrected chi connectivity index (χ1v) is 9.18. The van der Waals surface area contributed by atoms with Gasteiger partial charge >= 0.3 is 5.97 Å². The second-order valence-corrected chi connectivity index (χ2v) is 7.11. The van der Waals surface area contributed by atoms with E-state index in [0.29, 0.717) is 13.0 Å². The fourth-order valence-electron chi connectivity index (χ4n) is 3.97. The summed E-state index contributed by atoms with van der Waals surface area (Å²) in [5.74, 6) is -1.39. The van der Waals surface area contributed by atoms with E-state index in [9.17, 15) is 14.3 Å². The minimum absolute atomic E-state index is 0.106. The van der Waals surface area contributed by atoms with Crippen LogP contribution in [0.1, 0.15) is 30.0 Å². The van der Waals surface area contributed by atoms with Gasteiger partial charge in [-0.25, -0.2) is 4.39 Å². The molecular weight excluding hydrogens is 343 g/mol. The predicted molar refractivity (Wildman–Crippen MR) is 102 cm³/mol. The Morgan fingerprint density at radius 1 is 1.11 bits per heavy atom. The number of carbonyl (C=O) groups is 1. The SMILES string of the molecule is O=C(O)C1CCCN(C(c2ccc(F)cc2)c2ccc3cnccc3c2)C1.